The third-order valence-corrected chi connectivity index (χ3v) is 3.19. The first-order valence-electron chi connectivity index (χ1n) is 4.95. The highest BCUT2D eigenvalue weighted by atomic mass is 79.9. The maximum absolute atomic E-state index is 13.4. The van der Waals surface area contributed by atoms with Gasteiger partial charge < -0.3 is 5.32 Å². The molecule has 0 fully saturated rings. The van der Waals surface area contributed by atoms with E-state index in [1.807, 2.05) is 24.3 Å². The molecule has 2 rings (SSSR count). The van der Waals surface area contributed by atoms with Gasteiger partial charge in [0.15, 0.2) is 11.6 Å². The molecule has 0 atom stereocenters. The lowest BCUT2D eigenvalue weighted by molar-refractivity contribution is 0.624. The Morgan fingerprint density at radius 1 is 1.35 bits per heavy atom. The second-order valence-electron chi connectivity index (χ2n) is 3.43. The summed E-state index contributed by atoms with van der Waals surface area (Å²) in [5, 5.41) is 3.21. The van der Waals surface area contributed by atoms with Crippen molar-refractivity contribution in [2.24, 2.45) is 0 Å². The third-order valence-electron chi connectivity index (χ3n) is 2.21. The van der Waals surface area contributed by atoms with Crippen LogP contribution in [0.1, 0.15) is 5.56 Å². The van der Waals surface area contributed by atoms with E-state index in [2.05, 4.69) is 26.2 Å². The quantitative estimate of drug-likeness (QED) is 0.916. The molecule has 0 bridgehead atoms. The zero-order chi connectivity index (χ0) is 12.3. The van der Waals surface area contributed by atoms with Crippen LogP contribution in [0.4, 0.5) is 10.2 Å². The molecular formula is C12H9BrClFN2. The number of nitrogens with zero attached hydrogens (tertiary/aromatic N) is 1. The molecule has 0 spiro atoms. The Labute approximate surface area is 112 Å². The molecule has 0 aliphatic rings. The van der Waals surface area contributed by atoms with Gasteiger partial charge in [0.05, 0.1) is 5.02 Å². The fraction of sp³-hybridized carbons (Fsp3) is 0.0833. The molecule has 1 aromatic heterocycles. The lowest BCUT2D eigenvalue weighted by Gasteiger charge is -2.08. The zero-order valence-electron chi connectivity index (χ0n) is 8.75. The van der Waals surface area contributed by atoms with E-state index in [9.17, 15) is 4.39 Å². The van der Waals surface area contributed by atoms with E-state index in [1.54, 1.807) is 0 Å². The van der Waals surface area contributed by atoms with E-state index in [0.29, 0.717) is 6.54 Å². The van der Waals surface area contributed by atoms with Gasteiger partial charge in [-0.3, -0.25) is 0 Å². The summed E-state index contributed by atoms with van der Waals surface area (Å²) in [6, 6.07) is 8.96. The van der Waals surface area contributed by atoms with Crippen LogP contribution in [0, 0.1) is 5.82 Å². The summed E-state index contributed by atoms with van der Waals surface area (Å²) in [6.07, 6.45) is 1.41. The fourth-order valence-corrected chi connectivity index (χ4v) is 1.93. The van der Waals surface area contributed by atoms with E-state index < -0.39 is 5.82 Å². The normalized spacial score (nSPS) is 10.3. The standard InChI is InChI=1S/C12H9BrClFN2/c13-10-4-2-1-3-8(10)6-16-12-11(15)5-9(14)7-17-12/h1-5,7H,6H2,(H,16,17). The van der Waals surface area contributed by atoms with Crippen LogP contribution in [0.3, 0.4) is 0 Å². The molecule has 2 aromatic rings. The van der Waals surface area contributed by atoms with Gasteiger partial charge in [-0.15, -0.1) is 0 Å². The van der Waals surface area contributed by atoms with Crippen molar-refractivity contribution in [1.82, 2.24) is 4.98 Å². The Balaban J connectivity index is 2.10. The number of pyridine rings is 1. The molecule has 0 aliphatic heterocycles. The summed E-state index contributed by atoms with van der Waals surface area (Å²) >= 11 is 9.05. The van der Waals surface area contributed by atoms with Crippen molar-refractivity contribution < 1.29 is 4.39 Å². The minimum absolute atomic E-state index is 0.199. The first-order chi connectivity index (χ1) is 8.16. The summed E-state index contributed by atoms with van der Waals surface area (Å²) < 4.78 is 14.4. The van der Waals surface area contributed by atoms with Crippen molar-refractivity contribution in [2.75, 3.05) is 5.32 Å². The highest BCUT2D eigenvalue weighted by molar-refractivity contribution is 9.10. The van der Waals surface area contributed by atoms with E-state index in [4.69, 9.17) is 11.6 Å². The summed E-state index contributed by atoms with van der Waals surface area (Å²) in [5.41, 5.74) is 1.03. The average molecular weight is 316 g/mol. The predicted molar refractivity (Wildman–Crippen MR) is 70.7 cm³/mol. The molecule has 88 valence electrons. The van der Waals surface area contributed by atoms with E-state index >= 15 is 0 Å². The van der Waals surface area contributed by atoms with Gasteiger partial charge in [-0.05, 0) is 17.7 Å². The van der Waals surface area contributed by atoms with Gasteiger partial charge in [-0.1, -0.05) is 45.7 Å². The molecule has 0 amide bonds. The van der Waals surface area contributed by atoms with Crippen LogP contribution < -0.4 is 5.32 Å². The molecule has 17 heavy (non-hydrogen) atoms. The molecule has 0 radical (unpaired) electrons. The molecular weight excluding hydrogens is 307 g/mol. The third kappa shape index (κ3) is 3.17. The van der Waals surface area contributed by atoms with Gasteiger partial charge in [-0.2, -0.15) is 0 Å². The first-order valence-corrected chi connectivity index (χ1v) is 6.12. The average Bonchev–Trinajstić information content (AvgIpc) is 2.30. The first kappa shape index (κ1) is 12.3. The molecule has 0 saturated carbocycles. The van der Waals surface area contributed by atoms with Gasteiger partial charge >= 0.3 is 0 Å². The number of nitrogens with one attached hydrogen (secondary N) is 1. The largest absolute Gasteiger partial charge is 0.364 e. The number of benzene rings is 1. The number of hydrogen-bond acceptors (Lipinski definition) is 2. The van der Waals surface area contributed by atoms with Crippen LogP contribution >= 0.6 is 27.5 Å². The SMILES string of the molecule is Fc1cc(Cl)cnc1NCc1ccccc1Br. The van der Waals surface area contributed by atoms with Gasteiger partial charge in [0.2, 0.25) is 0 Å². The fourth-order valence-electron chi connectivity index (χ4n) is 1.37. The van der Waals surface area contributed by atoms with Crippen molar-refractivity contribution in [2.45, 2.75) is 6.54 Å². The Bertz CT molecular complexity index is 534. The Hall–Kier alpha value is -1.13. The monoisotopic (exact) mass is 314 g/mol. The minimum atomic E-state index is -0.454. The smallest absolute Gasteiger partial charge is 0.166 e. The van der Waals surface area contributed by atoms with Crippen LogP contribution in [-0.2, 0) is 6.54 Å². The summed E-state index contributed by atoms with van der Waals surface area (Å²) in [6.45, 7) is 0.493. The number of hydrogen-bond donors (Lipinski definition) is 1. The molecule has 1 heterocycles. The highest BCUT2D eigenvalue weighted by Crippen LogP contribution is 2.19. The van der Waals surface area contributed by atoms with Crippen molar-refractivity contribution in [1.29, 1.82) is 0 Å². The zero-order valence-corrected chi connectivity index (χ0v) is 11.1. The van der Waals surface area contributed by atoms with Gasteiger partial charge in [0.25, 0.3) is 0 Å². The molecule has 0 unspecified atom stereocenters. The van der Waals surface area contributed by atoms with E-state index in [-0.39, 0.29) is 10.8 Å². The molecule has 1 aromatic carbocycles. The molecule has 0 saturated heterocycles. The molecule has 2 nitrogen and oxygen atoms in total. The number of rotatable bonds is 3. The van der Waals surface area contributed by atoms with Crippen LogP contribution in [0.15, 0.2) is 41.0 Å². The van der Waals surface area contributed by atoms with Crippen molar-refractivity contribution >= 4 is 33.3 Å². The van der Waals surface area contributed by atoms with E-state index in [1.165, 1.54) is 12.3 Å². The summed E-state index contributed by atoms with van der Waals surface area (Å²) in [5.74, 6) is -0.255. The molecule has 0 aliphatic carbocycles. The summed E-state index contributed by atoms with van der Waals surface area (Å²) in [7, 11) is 0. The highest BCUT2D eigenvalue weighted by Gasteiger charge is 2.05. The topological polar surface area (TPSA) is 24.9 Å². The molecule has 5 heteroatoms. The van der Waals surface area contributed by atoms with Crippen LogP contribution in [-0.4, -0.2) is 4.98 Å². The maximum Gasteiger partial charge on any atom is 0.166 e. The Morgan fingerprint density at radius 2 is 2.12 bits per heavy atom. The van der Waals surface area contributed by atoms with Gasteiger partial charge in [0, 0.05) is 17.2 Å². The Morgan fingerprint density at radius 3 is 2.82 bits per heavy atom. The second kappa shape index (κ2) is 5.47. The number of aromatic nitrogens is 1. The summed E-state index contributed by atoms with van der Waals surface area (Å²) in [4.78, 5) is 3.89. The van der Waals surface area contributed by atoms with Crippen molar-refractivity contribution in [3.8, 4) is 0 Å². The lowest BCUT2D eigenvalue weighted by Crippen LogP contribution is -2.03. The van der Waals surface area contributed by atoms with Crippen LogP contribution in [0.5, 0.6) is 0 Å². The van der Waals surface area contributed by atoms with Crippen molar-refractivity contribution in [3.63, 3.8) is 0 Å². The van der Waals surface area contributed by atoms with Gasteiger partial charge in [-0.25, -0.2) is 9.37 Å². The Kier molecular flexibility index (Phi) is 3.97. The minimum Gasteiger partial charge on any atom is -0.364 e. The molecule has 1 N–H and O–H groups in total. The predicted octanol–water partition coefficient (Wildman–Crippen LogP) is 4.25. The lowest BCUT2D eigenvalue weighted by atomic mass is 10.2. The second-order valence-corrected chi connectivity index (χ2v) is 4.72. The number of halogens is 3. The van der Waals surface area contributed by atoms with E-state index in [0.717, 1.165) is 10.0 Å². The number of anilines is 1. The van der Waals surface area contributed by atoms with Crippen LogP contribution in [0.2, 0.25) is 5.02 Å². The van der Waals surface area contributed by atoms with Crippen LogP contribution in [0.25, 0.3) is 0 Å². The maximum atomic E-state index is 13.4. The van der Waals surface area contributed by atoms with Gasteiger partial charge in [0.1, 0.15) is 0 Å². The van der Waals surface area contributed by atoms with Crippen molar-refractivity contribution in [3.05, 3.63) is 57.4 Å².